The van der Waals surface area contributed by atoms with Crippen molar-refractivity contribution >= 4 is 5.91 Å². The van der Waals surface area contributed by atoms with E-state index in [1.807, 2.05) is 60.4 Å². The Hall–Kier alpha value is -2.53. The Labute approximate surface area is 160 Å². The Balaban J connectivity index is 1.70. The Morgan fingerprint density at radius 1 is 1.19 bits per heavy atom. The van der Waals surface area contributed by atoms with Crippen molar-refractivity contribution in [2.45, 2.75) is 32.4 Å². The molecule has 27 heavy (non-hydrogen) atoms. The van der Waals surface area contributed by atoms with Crippen LogP contribution in [0.4, 0.5) is 0 Å². The molecule has 1 aliphatic heterocycles. The van der Waals surface area contributed by atoms with Crippen LogP contribution < -0.4 is 9.47 Å². The molecule has 3 rings (SSSR count). The number of methoxy groups -OCH3 is 1. The van der Waals surface area contributed by atoms with Gasteiger partial charge in [-0.3, -0.25) is 4.79 Å². The van der Waals surface area contributed by atoms with E-state index in [9.17, 15) is 4.79 Å². The van der Waals surface area contributed by atoms with E-state index in [0.717, 1.165) is 30.8 Å². The molecule has 1 aliphatic rings. The third-order valence-corrected chi connectivity index (χ3v) is 4.77. The lowest BCUT2D eigenvalue weighted by molar-refractivity contribution is 0.0650. The fourth-order valence-corrected chi connectivity index (χ4v) is 3.18. The van der Waals surface area contributed by atoms with Crippen LogP contribution in [0.2, 0.25) is 0 Å². The Kier molecular flexibility index (Phi) is 6.71. The molecule has 144 valence electrons. The van der Waals surface area contributed by atoms with Gasteiger partial charge in [0.1, 0.15) is 18.1 Å². The smallest absolute Gasteiger partial charge is 0.257 e. The lowest BCUT2D eigenvalue weighted by Crippen LogP contribution is -2.31. The van der Waals surface area contributed by atoms with Crippen molar-refractivity contribution in [1.82, 2.24) is 4.90 Å². The van der Waals surface area contributed by atoms with Crippen molar-refractivity contribution in [2.75, 3.05) is 26.9 Å². The van der Waals surface area contributed by atoms with E-state index >= 15 is 0 Å². The zero-order valence-corrected chi connectivity index (χ0v) is 16.0. The van der Waals surface area contributed by atoms with Crippen LogP contribution in [0, 0.1) is 0 Å². The van der Waals surface area contributed by atoms with Crippen molar-refractivity contribution in [1.29, 1.82) is 0 Å². The molecule has 1 amide bonds. The number of carbonyl (C=O) groups excluding carboxylic acids is 1. The molecule has 1 fully saturated rings. The summed E-state index contributed by atoms with van der Waals surface area (Å²) >= 11 is 0. The summed E-state index contributed by atoms with van der Waals surface area (Å²) < 4.78 is 16.7. The van der Waals surface area contributed by atoms with Crippen LogP contribution in [-0.2, 0) is 11.3 Å². The third-order valence-electron chi connectivity index (χ3n) is 4.77. The van der Waals surface area contributed by atoms with Gasteiger partial charge in [-0.15, -0.1) is 0 Å². The van der Waals surface area contributed by atoms with Crippen molar-refractivity contribution in [3.8, 4) is 11.5 Å². The Morgan fingerprint density at radius 2 is 1.96 bits per heavy atom. The van der Waals surface area contributed by atoms with E-state index in [1.165, 1.54) is 0 Å². The molecule has 0 saturated carbocycles. The van der Waals surface area contributed by atoms with Gasteiger partial charge in [-0.05, 0) is 49.6 Å². The van der Waals surface area contributed by atoms with Crippen molar-refractivity contribution < 1.29 is 19.0 Å². The van der Waals surface area contributed by atoms with E-state index < -0.39 is 0 Å². The summed E-state index contributed by atoms with van der Waals surface area (Å²) in [7, 11) is 1.64. The first kappa shape index (κ1) is 19.2. The molecule has 0 radical (unpaired) electrons. The van der Waals surface area contributed by atoms with Crippen LogP contribution in [0.15, 0.2) is 48.5 Å². The van der Waals surface area contributed by atoms with Crippen LogP contribution in [-0.4, -0.2) is 43.8 Å². The lowest BCUT2D eigenvalue weighted by atomic mass is 10.1. The zero-order valence-electron chi connectivity index (χ0n) is 16.0. The number of nitrogens with zero attached hydrogens (tertiary/aromatic N) is 1. The highest BCUT2D eigenvalue weighted by atomic mass is 16.5. The summed E-state index contributed by atoms with van der Waals surface area (Å²) in [5, 5.41) is 0. The number of para-hydroxylation sites is 1. The van der Waals surface area contributed by atoms with Gasteiger partial charge in [-0.25, -0.2) is 0 Å². The fraction of sp³-hybridized carbons (Fsp3) is 0.409. The summed E-state index contributed by atoms with van der Waals surface area (Å²) in [6.07, 6.45) is 2.20. The Bertz CT molecular complexity index is 738. The maximum Gasteiger partial charge on any atom is 0.257 e. The van der Waals surface area contributed by atoms with Gasteiger partial charge in [0.15, 0.2) is 0 Å². The first-order valence-corrected chi connectivity index (χ1v) is 9.47. The van der Waals surface area contributed by atoms with Crippen LogP contribution in [0.25, 0.3) is 0 Å². The molecule has 0 N–H and O–H groups in total. The summed E-state index contributed by atoms with van der Waals surface area (Å²) in [5.41, 5.74) is 1.65. The monoisotopic (exact) mass is 369 g/mol. The molecule has 5 nitrogen and oxygen atoms in total. The second-order valence-electron chi connectivity index (χ2n) is 6.61. The second-order valence-corrected chi connectivity index (χ2v) is 6.61. The second kappa shape index (κ2) is 9.42. The van der Waals surface area contributed by atoms with Crippen molar-refractivity contribution in [3.63, 3.8) is 0 Å². The highest BCUT2D eigenvalue weighted by molar-refractivity contribution is 5.96. The molecule has 1 atom stereocenters. The topological polar surface area (TPSA) is 48.0 Å². The first-order chi connectivity index (χ1) is 13.2. The van der Waals surface area contributed by atoms with E-state index in [4.69, 9.17) is 14.2 Å². The summed E-state index contributed by atoms with van der Waals surface area (Å²) in [6.45, 7) is 4.41. The molecule has 0 spiro atoms. The quantitative estimate of drug-likeness (QED) is 0.708. The van der Waals surface area contributed by atoms with Gasteiger partial charge in [0, 0.05) is 19.7 Å². The number of hydrogen-bond acceptors (Lipinski definition) is 4. The molecule has 0 aromatic heterocycles. The molecule has 2 aromatic carbocycles. The summed E-state index contributed by atoms with van der Waals surface area (Å²) in [5.74, 6) is 1.39. The third kappa shape index (κ3) is 5.01. The highest BCUT2D eigenvalue weighted by Crippen LogP contribution is 2.23. The fourth-order valence-electron chi connectivity index (χ4n) is 3.18. The molecular weight excluding hydrogens is 342 g/mol. The molecule has 5 heteroatoms. The van der Waals surface area contributed by atoms with E-state index in [0.29, 0.717) is 31.0 Å². The lowest BCUT2D eigenvalue weighted by Gasteiger charge is -2.23. The van der Waals surface area contributed by atoms with Gasteiger partial charge in [-0.2, -0.15) is 0 Å². The van der Waals surface area contributed by atoms with Crippen LogP contribution in [0.5, 0.6) is 11.5 Å². The predicted octanol–water partition coefficient (Wildman–Crippen LogP) is 3.92. The minimum Gasteiger partial charge on any atom is -0.497 e. The molecule has 1 unspecified atom stereocenters. The summed E-state index contributed by atoms with van der Waals surface area (Å²) in [4.78, 5) is 14.9. The van der Waals surface area contributed by atoms with Crippen molar-refractivity contribution in [2.24, 2.45) is 0 Å². The number of rotatable bonds is 8. The standard InChI is InChI=1S/C22H27NO4/c1-3-23(15-17-10-12-18(25-2)13-11-17)22(24)20-8-4-5-9-21(20)27-16-19-7-6-14-26-19/h4-5,8-13,19H,3,6-7,14-16H2,1-2H3. The van der Waals surface area contributed by atoms with Crippen LogP contribution in [0.3, 0.4) is 0 Å². The zero-order chi connectivity index (χ0) is 19.1. The minimum absolute atomic E-state index is 0.0312. The predicted molar refractivity (Wildman–Crippen MR) is 104 cm³/mol. The van der Waals surface area contributed by atoms with E-state index in [2.05, 4.69) is 0 Å². The number of ether oxygens (including phenoxy) is 3. The molecule has 0 bridgehead atoms. The number of hydrogen-bond donors (Lipinski definition) is 0. The molecule has 0 aliphatic carbocycles. The largest absolute Gasteiger partial charge is 0.497 e. The average Bonchev–Trinajstić information content (AvgIpc) is 3.24. The van der Waals surface area contributed by atoms with E-state index in [-0.39, 0.29) is 12.0 Å². The van der Waals surface area contributed by atoms with Crippen LogP contribution >= 0.6 is 0 Å². The SMILES string of the molecule is CCN(Cc1ccc(OC)cc1)C(=O)c1ccccc1OCC1CCCO1. The van der Waals surface area contributed by atoms with Gasteiger partial charge in [-0.1, -0.05) is 24.3 Å². The Morgan fingerprint density at radius 3 is 2.63 bits per heavy atom. The molecule has 2 aromatic rings. The molecule has 1 heterocycles. The maximum atomic E-state index is 13.1. The van der Waals surface area contributed by atoms with Crippen molar-refractivity contribution in [3.05, 3.63) is 59.7 Å². The van der Waals surface area contributed by atoms with Gasteiger partial charge < -0.3 is 19.1 Å². The van der Waals surface area contributed by atoms with Gasteiger partial charge in [0.2, 0.25) is 0 Å². The molecular formula is C22H27NO4. The normalized spacial score (nSPS) is 16.1. The number of benzene rings is 2. The van der Waals surface area contributed by atoms with Crippen LogP contribution in [0.1, 0.15) is 35.7 Å². The highest BCUT2D eigenvalue weighted by Gasteiger charge is 2.21. The van der Waals surface area contributed by atoms with Gasteiger partial charge >= 0.3 is 0 Å². The van der Waals surface area contributed by atoms with E-state index in [1.54, 1.807) is 7.11 Å². The maximum absolute atomic E-state index is 13.1. The van der Waals surface area contributed by atoms with Gasteiger partial charge in [0.05, 0.1) is 18.8 Å². The van der Waals surface area contributed by atoms with Gasteiger partial charge in [0.25, 0.3) is 5.91 Å². The average molecular weight is 369 g/mol. The number of amides is 1. The molecule has 1 saturated heterocycles. The first-order valence-electron chi connectivity index (χ1n) is 9.47. The number of carbonyl (C=O) groups is 1. The summed E-state index contributed by atoms with van der Waals surface area (Å²) in [6, 6.07) is 15.2. The minimum atomic E-state index is -0.0312.